The quantitative estimate of drug-likeness (QED) is 0.439. The minimum atomic E-state index is -0.542. The number of carbonyl (C=O) groups is 3. The van der Waals surface area contributed by atoms with Gasteiger partial charge in [-0.3, -0.25) is 14.4 Å². The van der Waals surface area contributed by atoms with E-state index in [4.69, 9.17) is 0 Å². The molecule has 33 heavy (non-hydrogen) atoms. The van der Waals surface area contributed by atoms with Crippen LogP contribution in [-0.4, -0.2) is 60.3 Å². The number of fused-ring (bicyclic) bond motifs is 1. The second-order valence-electron chi connectivity index (χ2n) is 8.27. The molecule has 8 nitrogen and oxygen atoms in total. The van der Waals surface area contributed by atoms with Crippen molar-refractivity contribution in [2.45, 2.75) is 40.0 Å². The van der Waals surface area contributed by atoms with Gasteiger partial charge in [0.2, 0.25) is 11.8 Å². The Morgan fingerprint density at radius 3 is 2.58 bits per heavy atom. The summed E-state index contributed by atoms with van der Waals surface area (Å²) in [5.41, 5.74) is 3.78. The first kappa shape index (κ1) is 24.4. The number of aryl methyl sites for hydroxylation is 1. The zero-order valence-corrected chi connectivity index (χ0v) is 19.6. The Bertz CT molecular complexity index is 1040. The largest absolute Gasteiger partial charge is 0.362 e. The molecule has 3 amide bonds. The second kappa shape index (κ2) is 10.6. The molecule has 4 N–H and O–H groups in total. The highest BCUT2D eigenvalue weighted by Crippen LogP contribution is 2.36. The molecule has 1 aromatic heterocycles. The standard InChI is InChI=1S/C24H32FN5O3/c1-5-30(6-2)10-9-26-21(31)13-27-24(33)22-14(3)20(28-15(22)4)12-18-17-11-16(25)7-8-19(17)29-23(18)32/h7-8,11,18,28H,5-6,9-10,12-13H2,1-4H3,(H,26,31)(H,27,33)(H,29,32). The number of amides is 3. The Morgan fingerprint density at radius 1 is 1.15 bits per heavy atom. The van der Waals surface area contributed by atoms with Crippen molar-refractivity contribution < 1.29 is 18.8 Å². The van der Waals surface area contributed by atoms with Crippen molar-refractivity contribution >= 4 is 23.4 Å². The summed E-state index contributed by atoms with van der Waals surface area (Å²) in [6, 6.07) is 4.24. The Morgan fingerprint density at radius 2 is 1.88 bits per heavy atom. The number of likely N-dealkylation sites (N-methyl/N-ethyl adjacent to an activating group) is 1. The van der Waals surface area contributed by atoms with Crippen LogP contribution in [0.2, 0.25) is 0 Å². The number of nitrogens with zero attached hydrogens (tertiary/aromatic N) is 1. The maximum Gasteiger partial charge on any atom is 0.253 e. The molecule has 0 aliphatic carbocycles. The lowest BCUT2D eigenvalue weighted by atomic mass is 9.94. The van der Waals surface area contributed by atoms with Crippen LogP contribution in [0.4, 0.5) is 10.1 Å². The molecule has 1 unspecified atom stereocenters. The summed E-state index contributed by atoms with van der Waals surface area (Å²) in [6.07, 6.45) is 0.314. The first-order chi connectivity index (χ1) is 15.7. The number of halogens is 1. The SMILES string of the molecule is CCN(CC)CCNC(=O)CNC(=O)c1c(C)[nH]c(CC2C(=O)Nc3ccc(F)cc32)c1C. The second-order valence-corrected chi connectivity index (χ2v) is 8.27. The van der Waals surface area contributed by atoms with Crippen LogP contribution in [0.5, 0.6) is 0 Å². The van der Waals surface area contributed by atoms with Crippen molar-refractivity contribution in [3.63, 3.8) is 0 Å². The number of H-pyrrole nitrogens is 1. The van der Waals surface area contributed by atoms with Gasteiger partial charge in [0.15, 0.2) is 0 Å². The molecule has 1 aromatic carbocycles. The lowest BCUT2D eigenvalue weighted by molar-refractivity contribution is -0.120. The number of benzene rings is 1. The molecule has 3 rings (SSSR count). The molecule has 0 fully saturated rings. The molecule has 0 saturated heterocycles. The highest BCUT2D eigenvalue weighted by molar-refractivity contribution is 6.03. The zero-order chi connectivity index (χ0) is 24.1. The number of carbonyl (C=O) groups excluding carboxylic acids is 3. The van der Waals surface area contributed by atoms with Gasteiger partial charge >= 0.3 is 0 Å². The summed E-state index contributed by atoms with van der Waals surface area (Å²) < 4.78 is 13.7. The van der Waals surface area contributed by atoms with E-state index < -0.39 is 11.7 Å². The molecule has 0 spiro atoms. The highest BCUT2D eigenvalue weighted by Gasteiger charge is 2.32. The van der Waals surface area contributed by atoms with Crippen LogP contribution in [0, 0.1) is 19.7 Å². The van der Waals surface area contributed by atoms with Gasteiger partial charge in [-0.15, -0.1) is 0 Å². The van der Waals surface area contributed by atoms with Gasteiger partial charge in [0.25, 0.3) is 5.91 Å². The average Bonchev–Trinajstić information content (AvgIpc) is 3.24. The van der Waals surface area contributed by atoms with Crippen LogP contribution >= 0.6 is 0 Å². The molecule has 9 heteroatoms. The fourth-order valence-electron chi connectivity index (χ4n) is 4.27. The fourth-order valence-corrected chi connectivity index (χ4v) is 4.27. The molecule has 0 bridgehead atoms. The van der Waals surface area contributed by atoms with E-state index in [1.54, 1.807) is 19.9 Å². The predicted octanol–water partition coefficient (Wildman–Crippen LogP) is 2.24. The van der Waals surface area contributed by atoms with E-state index in [0.717, 1.165) is 25.3 Å². The monoisotopic (exact) mass is 457 g/mol. The number of anilines is 1. The van der Waals surface area contributed by atoms with E-state index in [9.17, 15) is 18.8 Å². The molecule has 0 saturated carbocycles. The van der Waals surface area contributed by atoms with Crippen LogP contribution in [0.1, 0.15) is 52.6 Å². The van der Waals surface area contributed by atoms with Gasteiger partial charge in [-0.1, -0.05) is 13.8 Å². The van der Waals surface area contributed by atoms with Gasteiger partial charge in [-0.2, -0.15) is 0 Å². The van der Waals surface area contributed by atoms with Crippen molar-refractivity contribution in [1.29, 1.82) is 0 Å². The minimum absolute atomic E-state index is 0.117. The zero-order valence-electron chi connectivity index (χ0n) is 19.6. The summed E-state index contributed by atoms with van der Waals surface area (Å²) in [5, 5.41) is 8.26. The van der Waals surface area contributed by atoms with Crippen molar-refractivity contribution in [2.24, 2.45) is 0 Å². The Labute approximate surface area is 193 Å². The maximum atomic E-state index is 13.7. The molecular weight excluding hydrogens is 425 g/mol. The van der Waals surface area contributed by atoms with Crippen LogP contribution in [0.25, 0.3) is 0 Å². The topological polar surface area (TPSA) is 106 Å². The predicted molar refractivity (Wildman–Crippen MR) is 125 cm³/mol. The van der Waals surface area contributed by atoms with Crippen LogP contribution in [0.15, 0.2) is 18.2 Å². The smallest absolute Gasteiger partial charge is 0.253 e. The van der Waals surface area contributed by atoms with Crippen molar-refractivity contribution in [3.8, 4) is 0 Å². The van der Waals surface area contributed by atoms with E-state index in [0.29, 0.717) is 41.0 Å². The highest BCUT2D eigenvalue weighted by atomic mass is 19.1. The molecule has 0 radical (unpaired) electrons. The number of rotatable bonds is 10. The molecule has 2 aromatic rings. The van der Waals surface area contributed by atoms with E-state index >= 15 is 0 Å². The van der Waals surface area contributed by atoms with Gasteiger partial charge in [0.05, 0.1) is 18.0 Å². The normalized spacial score (nSPS) is 14.8. The maximum absolute atomic E-state index is 13.7. The Hall–Kier alpha value is -3.20. The lowest BCUT2D eigenvalue weighted by Crippen LogP contribution is -2.40. The molecule has 1 atom stereocenters. The van der Waals surface area contributed by atoms with Gasteiger partial charge in [0, 0.05) is 36.6 Å². The van der Waals surface area contributed by atoms with Gasteiger partial charge in [-0.05, 0) is 56.3 Å². The van der Waals surface area contributed by atoms with Gasteiger partial charge in [-0.25, -0.2) is 4.39 Å². The first-order valence-corrected chi connectivity index (χ1v) is 11.3. The molecule has 1 aliphatic rings. The van der Waals surface area contributed by atoms with Crippen molar-refractivity contribution in [3.05, 3.63) is 52.1 Å². The summed E-state index contributed by atoms with van der Waals surface area (Å²) in [4.78, 5) is 42.7. The van der Waals surface area contributed by atoms with E-state index in [2.05, 4.69) is 39.7 Å². The van der Waals surface area contributed by atoms with Crippen molar-refractivity contribution in [2.75, 3.05) is 38.0 Å². The fraction of sp³-hybridized carbons (Fsp3) is 0.458. The number of hydrogen-bond donors (Lipinski definition) is 4. The molecule has 1 aliphatic heterocycles. The van der Waals surface area contributed by atoms with Crippen LogP contribution in [0.3, 0.4) is 0 Å². The van der Waals surface area contributed by atoms with Crippen LogP contribution in [-0.2, 0) is 16.0 Å². The first-order valence-electron chi connectivity index (χ1n) is 11.3. The number of hydrogen-bond acceptors (Lipinski definition) is 4. The van der Waals surface area contributed by atoms with Crippen molar-refractivity contribution in [1.82, 2.24) is 20.5 Å². The third kappa shape index (κ3) is 5.60. The van der Waals surface area contributed by atoms with E-state index in [-0.39, 0.29) is 24.3 Å². The summed E-state index contributed by atoms with van der Waals surface area (Å²) in [6.45, 7) is 10.7. The van der Waals surface area contributed by atoms with E-state index in [1.165, 1.54) is 12.1 Å². The molecular formula is C24H32FN5O3. The average molecular weight is 458 g/mol. The van der Waals surface area contributed by atoms with Gasteiger partial charge < -0.3 is 25.8 Å². The van der Waals surface area contributed by atoms with Crippen LogP contribution < -0.4 is 16.0 Å². The third-order valence-corrected chi connectivity index (χ3v) is 6.19. The summed E-state index contributed by atoms with van der Waals surface area (Å²) >= 11 is 0. The van der Waals surface area contributed by atoms with Gasteiger partial charge in [0.1, 0.15) is 5.82 Å². The number of nitrogens with one attached hydrogen (secondary N) is 4. The molecule has 2 heterocycles. The third-order valence-electron chi connectivity index (χ3n) is 6.19. The number of aromatic amines is 1. The number of aromatic nitrogens is 1. The summed E-state index contributed by atoms with van der Waals surface area (Å²) in [7, 11) is 0. The minimum Gasteiger partial charge on any atom is -0.362 e. The summed E-state index contributed by atoms with van der Waals surface area (Å²) in [5.74, 6) is -1.74. The lowest BCUT2D eigenvalue weighted by Gasteiger charge is -2.18. The van der Waals surface area contributed by atoms with E-state index in [1.807, 2.05) is 0 Å². The Kier molecular flexibility index (Phi) is 7.86. The molecule has 178 valence electrons. The Balaban J connectivity index is 1.61.